The van der Waals surface area contributed by atoms with E-state index in [-0.39, 0.29) is 0 Å². The lowest BCUT2D eigenvalue weighted by Crippen LogP contribution is -2.36. The maximum Gasteiger partial charge on any atom is 0.172 e. The third kappa shape index (κ3) is 5.81. The maximum absolute atomic E-state index is 5.30. The molecule has 0 bridgehead atoms. The highest BCUT2D eigenvalue weighted by Gasteiger charge is 2.05. The van der Waals surface area contributed by atoms with Gasteiger partial charge >= 0.3 is 0 Å². The molecule has 0 spiro atoms. The first-order valence-electron chi connectivity index (χ1n) is 6.86. The van der Waals surface area contributed by atoms with Crippen LogP contribution in [0.15, 0.2) is 53.1 Å². The molecule has 0 saturated heterocycles. The number of hydrogen-bond donors (Lipinski definition) is 2. The first kappa shape index (κ1) is 15.9. The van der Waals surface area contributed by atoms with Crippen molar-refractivity contribution >= 4 is 39.1 Å². The Morgan fingerprint density at radius 3 is 2.67 bits per heavy atom. The first-order chi connectivity index (χ1) is 10.1. The predicted octanol–water partition coefficient (Wildman–Crippen LogP) is 4.15. The van der Waals surface area contributed by atoms with Crippen molar-refractivity contribution in [2.24, 2.45) is 0 Å². The number of aryl methyl sites for hydroxylation is 1. The number of anilines is 1. The lowest BCUT2D eigenvalue weighted by atomic mass is 10.1. The fourth-order valence-electron chi connectivity index (χ4n) is 1.93. The van der Waals surface area contributed by atoms with Crippen LogP contribution in [0.5, 0.6) is 0 Å². The molecule has 1 aromatic heterocycles. The van der Waals surface area contributed by atoms with Crippen molar-refractivity contribution < 1.29 is 0 Å². The van der Waals surface area contributed by atoms with E-state index < -0.39 is 0 Å². The second-order valence-electron chi connectivity index (χ2n) is 4.89. The molecule has 3 nitrogen and oxygen atoms in total. The molecule has 1 heterocycles. The van der Waals surface area contributed by atoms with Gasteiger partial charge in [-0.25, -0.2) is 4.98 Å². The number of rotatable bonds is 5. The van der Waals surface area contributed by atoms with Crippen molar-refractivity contribution in [1.82, 2.24) is 10.3 Å². The molecule has 1 atom stereocenters. The van der Waals surface area contributed by atoms with E-state index in [9.17, 15) is 0 Å². The number of thiocarbonyl (C=S) groups is 1. The number of benzene rings is 1. The normalized spacial score (nSPS) is 11.7. The average molecular weight is 364 g/mol. The summed E-state index contributed by atoms with van der Waals surface area (Å²) in [6.45, 7) is 2.13. The van der Waals surface area contributed by atoms with Gasteiger partial charge in [0.1, 0.15) is 5.82 Å². The summed E-state index contributed by atoms with van der Waals surface area (Å²) in [7, 11) is 0. The fraction of sp³-hybridized carbons (Fsp3) is 0.250. The molecule has 0 radical (unpaired) electrons. The number of aromatic nitrogens is 1. The lowest BCUT2D eigenvalue weighted by molar-refractivity contribution is 0.609. The summed E-state index contributed by atoms with van der Waals surface area (Å²) >= 11 is 8.66. The van der Waals surface area contributed by atoms with Gasteiger partial charge in [0.2, 0.25) is 0 Å². The Hall–Kier alpha value is -1.46. The van der Waals surface area contributed by atoms with Crippen molar-refractivity contribution in [3.05, 3.63) is 58.7 Å². The highest BCUT2D eigenvalue weighted by atomic mass is 79.9. The van der Waals surface area contributed by atoms with Crippen molar-refractivity contribution in [3.8, 4) is 0 Å². The van der Waals surface area contributed by atoms with Crippen LogP contribution in [0.1, 0.15) is 18.9 Å². The van der Waals surface area contributed by atoms with Gasteiger partial charge < -0.3 is 10.6 Å². The third-order valence-electron chi connectivity index (χ3n) is 3.06. The number of nitrogens with zero attached hydrogens (tertiary/aromatic N) is 1. The monoisotopic (exact) mass is 363 g/mol. The van der Waals surface area contributed by atoms with E-state index in [0.717, 1.165) is 23.1 Å². The van der Waals surface area contributed by atoms with Crippen LogP contribution in [0, 0.1) is 0 Å². The zero-order valence-corrected chi connectivity index (χ0v) is 14.2. The molecule has 2 aromatic rings. The number of pyridine rings is 1. The van der Waals surface area contributed by atoms with Gasteiger partial charge in [-0.1, -0.05) is 30.3 Å². The molecular weight excluding hydrogens is 346 g/mol. The molecule has 0 aliphatic heterocycles. The van der Waals surface area contributed by atoms with E-state index in [4.69, 9.17) is 12.2 Å². The van der Waals surface area contributed by atoms with Crippen molar-refractivity contribution in [3.63, 3.8) is 0 Å². The molecule has 21 heavy (non-hydrogen) atoms. The molecule has 1 aromatic carbocycles. The lowest BCUT2D eigenvalue weighted by Gasteiger charge is -2.16. The molecule has 0 aliphatic rings. The summed E-state index contributed by atoms with van der Waals surface area (Å²) in [5.74, 6) is 0.742. The van der Waals surface area contributed by atoms with E-state index in [1.165, 1.54) is 5.56 Å². The quantitative estimate of drug-likeness (QED) is 0.782. The van der Waals surface area contributed by atoms with E-state index in [1.807, 2.05) is 18.2 Å². The van der Waals surface area contributed by atoms with Gasteiger partial charge in [-0.2, -0.15) is 0 Å². The van der Waals surface area contributed by atoms with Crippen LogP contribution in [0.2, 0.25) is 0 Å². The topological polar surface area (TPSA) is 37.0 Å². The molecular formula is C16H18BrN3S. The molecule has 5 heteroatoms. The van der Waals surface area contributed by atoms with Crippen LogP contribution in [-0.2, 0) is 6.42 Å². The average Bonchev–Trinajstić information content (AvgIpc) is 2.48. The van der Waals surface area contributed by atoms with Gasteiger partial charge in [-0.15, -0.1) is 0 Å². The van der Waals surface area contributed by atoms with Crippen molar-refractivity contribution in [1.29, 1.82) is 0 Å². The Labute approximate surface area is 139 Å². The van der Waals surface area contributed by atoms with Crippen molar-refractivity contribution in [2.75, 3.05) is 5.32 Å². The summed E-state index contributed by atoms with van der Waals surface area (Å²) in [4.78, 5) is 4.23. The van der Waals surface area contributed by atoms with Crippen LogP contribution < -0.4 is 10.6 Å². The molecule has 1 unspecified atom stereocenters. The van der Waals surface area contributed by atoms with E-state index in [0.29, 0.717) is 11.2 Å². The summed E-state index contributed by atoms with van der Waals surface area (Å²) in [6.07, 6.45) is 3.80. The number of hydrogen-bond acceptors (Lipinski definition) is 2. The molecule has 110 valence electrons. The molecule has 0 aliphatic carbocycles. The zero-order valence-electron chi connectivity index (χ0n) is 11.8. The van der Waals surface area contributed by atoms with Gasteiger partial charge in [-0.05, 0) is 65.6 Å². The van der Waals surface area contributed by atoms with Gasteiger partial charge in [0.25, 0.3) is 0 Å². The Morgan fingerprint density at radius 2 is 2.00 bits per heavy atom. The summed E-state index contributed by atoms with van der Waals surface area (Å²) in [5, 5.41) is 6.97. The SMILES string of the molecule is CC(CCc1ccccc1)NC(=S)Nc1ccc(Br)cn1. The molecule has 0 saturated carbocycles. The second-order valence-corrected chi connectivity index (χ2v) is 6.21. The Morgan fingerprint density at radius 1 is 1.24 bits per heavy atom. The second kappa shape index (κ2) is 8.10. The van der Waals surface area contributed by atoms with E-state index >= 15 is 0 Å². The zero-order chi connectivity index (χ0) is 15.1. The minimum absolute atomic E-state index is 0.306. The predicted molar refractivity (Wildman–Crippen MR) is 95.5 cm³/mol. The number of halogens is 1. The van der Waals surface area contributed by atoms with Gasteiger partial charge in [0.05, 0.1) is 0 Å². The van der Waals surface area contributed by atoms with Gasteiger partial charge in [0, 0.05) is 16.7 Å². The molecule has 2 N–H and O–H groups in total. The van der Waals surface area contributed by atoms with Crippen LogP contribution in [0.25, 0.3) is 0 Å². The van der Waals surface area contributed by atoms with E-state index in [2.05, 4.69) is 62.7 Å². The molecule has 0 amide bonds. The van der Waals surface area contributed by atoms with Crippen LogP contribution in [0.3, 0.4) is 0 Å². The van der Waals surface area contributed by atoms with Crippen LogP contribution in [0.4, 0.5) is 5.82 Å². The highest BCUT2D eigenvalue weighted by molar-refractivity contribution is 9.10. The largest absolute Gasteiger partial charge is 0.360 e. The van der Waals surface area contributed by atoms with Gasteiger partial charge in [-0.3, -0.25) is 0 Å². The standard InChI is InChI=1S/C16H18BrN3S/c1-12(7-8-13-5-3-2-4-6-13)19-16(21)20-15-10-9-14(17)11-18-15/h2-6,9-12H,7-8H2,1H3,(H2,18,19,20,21). The number of nitrogens with one attached hydrogen (secondary N) is 2. The summed E-state index contributed by atoms with van der Waals surface area (Å²) < 4.78 is 0.947. The smallest absolute Gasteiger partial charge is 0.172 e. The Balaban J connectivity index is 1.75. The minimum Gasteiger partial charge on any atom is -0.360 e. The molecule has 0 fully saturated rings. The third-order valence-corrected chi connectivity index (χ3v) is 3.74. The summed E-state index contributed by atoms with van der Waals surface area (Å²) in [6, 6.07) is 14.6. The van der Waals surface area contributed by atoms with Crippen molar-refractivity contribution in [2.45, 2.75) is 25.8 Å². The van der Waals surface area contributed by atoms with Crippen LogP contribution in [-0.4, -0.2) is 16.1 Å². The maximum atomic E-state index is 5.30. The van der Waals surface area contributed by atoms with E-state index in [1.54, 1.807) is 6.20 Å². The van der Waals surface area contributed by atoms with Gasteiger partial charge in [0.15, 0.2) is 5.11 Å². The highest BCUT2D eigenvalue weighted by Crippen LogP contribution is 2.10. The Kier molecular flexibility index (Phi) is 6.14. The van der Waals surface area contributed by atoms with Crippen LogP contribution >= 0.6 is 28.1 Å². The fourth-order valence-corrected chi connectivity index (χ4v) is 2.47. The first-order valence-corrected chi connectivity index (χ1v) is 8.06. The summed E-state index contributed by atoms with van der Waals surface area (Å²) in [5.41, 5.74) is 1.35. The molecule has 2 rings (SSSR count). The minimum atomic E-state index is 0.306. The Bertz CT molecular complexity index is 572.